The molecule has 0 amide bonds. The summed E-state index contributed by atoms with van der Waals surface area (Å²) in [6.45, 7) is 11.7. The Morgan fingerprint density at radius 3 is 2.84 bits per heavy atom. The molecule has 1 rings (SSSR count). The third kappa shape index (κ3) is 6.49. The maximum absolute atomic E-state index is 5.50. The van der Waals surface area contributed by atoms with Crippen molar-refractivity contribution in [2.45, 2.75) is 33.9 Å². The van der Waals surface area contributed by atoms with Crippen molar-refractivity contribution in [3.8, 4) is 0 Å². The topological polar surface area (TPSA) is 43.2 Å². The number of hydrogen-bond donors (Lipinski definition) is 0. The smallest absolute Gasteiger partial charge is 0.141 e. The van der Waals surface area contributed by atoms with Gasteiger partial charge < -0.3 is 4.74 Å². The van der Waals surface area contributed by atoms with E-state index < -0.39 is 0 Å². The zero-order chi connectivity index (χ0) is 14.1. The van der Waals surface area contributed by atoms with Gasteiger partial charge in [-0.2, -0.15) is 5.10 Å². The second-order valence-electron chi connectivity index (χ2n) is 4.92. The maximum atomic E-state index is 5.50. The third-order valence-corrected chi connectivity index (χ3v) is 3.14. The Morgan fingerprint density at radius 2 is 2.21 bits per heavy atom. The molecule has 0 atom stereocenters. The van der Waals surface area contributed by atoms with Gasteiger partial charge in [-0.1, -0.05) is 36.7 Å². The van der Waals surface area contributed by atoms with Crippen LogP contribution < -0.4 is 0 Å². The number of rotatable bonds is 10. The van der Waals surface area contributed by atoms with Crippen LogP contribution in [0.1, 0.15) is 26.6 Å². The Bertz CT molecular complexity index is 343. The van der Waals surface area contributed by atoms with Crippen molar-refractivity contribution in [2.75, 3.05) is 31.6 Å². The summed E-state index contributed by atoms with van der Waals surface area (Å²) in [6, 6.07) is 0. The average molecular weight is 333 g/mol. The molecule has 0 saturated heterocycles. The molecular formula is C13H25BrN4O. The number of hydrogen-bond acceptors (Lipinski definition) is 4. The van der Waals surface area contributed by atoms with E-state index in [1.807, 2.05) is 4.68 Å². The average Bonchev–Trinajstić information content (AvgIpc) is 2.79. The van der Waals surface area contributed by atoms with E-state index in [9.17, 15) is 0 Å². The first kappa shape index (κ1) is 16.6. The van der Waals surface area contributed by atoms with Crippen molar-refractivity contribution in [1.82, 2.24) is 19.7 Å². The third-order valence-electron chi connectivity index (χ3n) is 2.82. The highest BCUT2D eigenvalue weighted by Gasteiger charge is 2.10. The molecule has 0 fully saturated rings. The summed E-state index contributed by atoms with van der Waals surface area (Å²) < 4.78 is 7.50. The number of alkyl halides is 1. The number of halogens is 1. The van der Waals surface area contributed by atoms with Gasteiger partial charge in [0.05, 0.1) is 19.8 Å². The number of aromatic nitrogens is 3. The molecule has 0 aliphatic carbocycles. The van der Waals surface area contributed by atoms with Gasteiger partial charge in [-0.25, -0.2) is 9.67 Å². The monoisotopic (exact) mass is 332 g/mol. The summed E-state index contributed by atoms with van der Waals surface area (Å²) in [7, 11) is 0. The van der Waals surface area contributed by atoms with E-state index in [0.29, 0.717) is 5.92 Å². The van der Waals surface area contributed by atoms with Gasteiger partial charge in [0.1, 0.15) is 12.2 Å². The van der Waals surface area contributed by atoms with Gasteiger partial charge in [0.15, 0.2) is 0 Å². The molecule has 0 bridgehead atoms. The van der Waals surface area contributed by atoms with Crippen LogP contribution in [0.15, 0.2) is 6.33 Å². The van der Waals surface area contributed by atoms with Crippen LogP contribution in [0.25, 0.3) is 0 Å². The minimum atomic E-state index is 0.581. The molecule has 1 heterocycles. The van der Waals surface area contributed by atoms with E-state index in [1.54, 1.807) is 6.33 Å². The molecule has 19 heavy (non-hydrogen) atoms. The molecule has 1 aromatic heterocycles. The Kier molecular flexibility index (Phi) is 8.25. The summed E-state index contributed by atoms with van der Waals surface area (Å²) in [6.07, 6.45) is 1.65. The van der Waals surface area contributed by atoms with E-state index in [4.69, 9.17) is 4.74 Å². The van der Waals surface area contributed by atoms with E-state index in [0.717, 1.165) is 50.5 Å². The highest BCUT2D eigenvalue weighted by molar-refractivity contribution is 9.09. The van der Waals surface area contributed by atoms with Crippen LogP contribution in [-0.4, -0.2) is 51.3 Å². The molecule has 0 unspecified atom stereocenters. The van der Waals surface area contributed by atoms with Gasteiger partial charge in [-0.15, -0.1) is 0 Å². The molecule has 0 aliphatic rings. The van der Waals surface area contributed by atoms with Crippen LogP contribution in [0, 0.1) is 5.92 Å². The van der Waals surface area contributed by atoms with Crippen molar-refractivity contribution >= 4 is 15.9 Å². The largest absolute Gasteiger partial charge is 0.379 e. The highest BCUT2D eigenvalue weighted by Crippen LogP contribution is 2.04. The molecule has 6 heteroatoms. The van der Waals surface area contributed by atoms with Crippen molar-refractivity contribution < 1.29 is 4.74 Å². The lowest BCUT2D eigenvalue weighted by molar-refractivity contribution is 0.113. The number of likely N-dealkylation sites (N-methyl/N-ethyl adjacent to an activating group) is 1. The minimum absolute atomic E-state index is 0.581. The number of ether oxygens (including phenoxy) is 1. The van der Waals surface area contributed by atoms with Gasteiger partial charge >= 0.3 is 0 Å². The van der Waals surface area contributed by atoms with Gasteiger partial charge in [0, 0.05) is 18.4 Å². The predicted molar refractivity (Wildman–Crippen MR) is 80.4 cm³/mol. The summed E-state index contributed by atoms with van der Waals surface area (Å²) in [5, 5.41) is 5.19. The van der Waals surface area contributed by atoms with Gasteiger partial charge in [-0.3, -0.25) is 4.90 Å². The molecule has 0 saturated carbocycles. The van der Waals surface area contributed by atoms with Crippen molar-refractivity contribution in [1.29, 1.82) is 0 Å². The second-order valence-corrected chi connectivity index (χ2v) is 5.72. The molecule has 0 radical (unpaired) electrons. The van der Waals surface area contributed by atoms with Crippen molar-refractivity contribution in [3.05, 3.63) is 12.2 Å². The first-order valence-corrected chi connectivity index (χ1v) is 8.02. The molecule has 0 N–H and O–H groups in total. The predicted octanol–water partition coefficient (Wildman–Crippen LogP) is 2.17. The highest BCUT2D eigenvalue weighted by atomic mass is 79.9. The summed E-state index contributed by atoms with van der Waals surface area (Å²) in [5.74, 6) is 1.62. The van der Waals surface area contributed by atoms with Crippen LogP contribution in [0.2, 0.25) is 0 Å². The fourth-order valence-electron chi connectivity index (χ4n) is 1.81. The Balaban J connectivity index is 2.44. The Labute approximate surface area is 124 Å². The van der Waals surface area contributed by atoms with Crippen LogP contribution in [0.4, 0.5) is 0 Å². The van der Waals surface area contributed by atoms with E-state index in [2.05, 4.69) is 51.7 Å². The molecule has 0 aliphatic heterocycles. The lowest BCUT2D eigenvalue weighted by Gasteiger charge is -2.20. The normalized spacial score (nSPS) is 11.7. The first-order valence-electron chi connectivity index (χ1n) is 6.90. The second kappa shape index (κ2) is 9.44. The van der Waals surface area contributed by atoms with Gasteiger partial charge in [0.2, 0.25) is 0 Å². The first-order chi connectivity index (χ1) is 9.17. The maximum Gasteiger partial charge on any atom is 0.141 e. The quantitative estimate of drug-likeness (QED) is 0.486. The standard InChI is InChI=1S/C13H25BrN4O/c1-4-17(6-8-19-7-5-14)10-13-15-11-16-18(13)9-12(2)3/h11-12H,4-10H2,1-3H3. The van der Waals surface area contributed by atoms with Crippen LogP contribution >= 0.6 is 15.9 Å². The zero-order valence-corrected chi connectivity index (χ0v) is 13.8. The van der Waals surface area contributed by atoms with Crippen molar-refractivity contribution in [3.63, 3.8) is 0 Å². The van der Waals surface area contributed by atoms with E-state index in [-0.39, 0.29) is 0 Å². The van der Waals surface area contributed by atoms with Crippen molar-refractivity contribution in [2.24, 2.45) is 5.92 Å². The molecule has 0 aromatic carbocycles. The minimum Gasteiger partial charge on any atom is -0.379 e. The fourth-order valence-corrected chi connectivity index (χ4v) is 2.04. The summed E-state index contributed by atoms with van der Waals surface area (Å²) in [4.78, 5) is 6.69. The fraction of sp³-hybridized carbons (Fsp3) is 0.846. The summed E-state index contributed by atoms with van der Waals surface area (Å²) in [5.41, 5.74) is 0. The lowest BCUT2D eigenvalue weighted by Crippen LogP contribution is -2.29. The number of nitrogens with zero attached hydrogens (tertiary/aromatic N) is 4. The molecule has 0 spiro atoms. The van der Waals surface area contributed by atoms with Gasteiger partial charge in [0.25, 0.3) is 0 Å². The van der Waals surface area contributed by atoms with Gasteiger partial charge in [-0.05, 0) is 12.5 Å². The SMILES string of the molecule is CCN(CCOCCBr)Cc1ncnn1CC(C)C. The summed E-state index contributed by atoms with van der Waals surface area (Å²) >= 11 is 3.35. The molecule has 1 aromatic rings. The molecule has 110 valence electrons. The lowest BCUT2D eigenvalue weighted by atomic mass is 10.2. The molecule has 5 nitrogen and oxygen atoms in total. The zero-order valence-electron chi connectivity index (χ0n) is 12.2. The Hall–Kier alpha value is -0.460. The van der Waals surface area contributed by atoms with E-state index in [1.165, 1.54) is 0 Å². The van der Waals surface area contributed by atoms with Crippen LogP contribution in [-0.2, 0) is 17.8 Å². The van der Waals surface area contributed by atoms with E-state index >= 15 is 0 Å². The molecular weight excluding hydrogens is 308 g/mol. The van der Waals surface area contributed by atoms with Crippen LogP contribution in [0.5, 0.6) is 0 Å². The Morgan fingerprint density at radius 1 is 1.42 bits per heavy atom. The van der Waals surface area contributed by atoms with Crippen LogP contribution in [0.3, 0.4) is 0 Å².